The summed E-state index contributed by atoms with van der Waals surface area (Å²) in [4.78, 5) is 28.9. The topological polar surface area (TPSA) is 96.0 Å². The third-order valence-corrected chi connectivity index (χ3v) is 8.58. The van der Waals surface area contributed by atoms with Gasteiger partial charge in [-0.05, 0) is 54.7 Å². The highest BCUT2D eigenvalue weighted by Gasteiger charge is 2.34. The Morgan fingerprint density at radius 1 is 0.976 bits per heavy atom. The Bertz CT molecular complexity index is 1400. The van der Waals surface area contributed by atoms with E-state index in [1.807, 2.05) is 51.1 Å². The lowest BCUT2D eigenvalue weighted by Crippen LogP contribution is -2.53. The molecule has 0 heterocycles. The van der Waals surface area contributed by atoms with Crippen LogP contribution < -0.4 is 14.4 Å². The molecule has 1 N–H and O–H groups in total. The van der Waals surface area contributed by atoms with Crippen LogP contribution in [0.4, 0.5) is 5.69 Å². The third kappa shape index (κ3) is 8.47. The number of hydrogen-bond acceptors (Lipinski definition) is 5. The van der Waals surface area contributed by atoms with Gasteiger partial charge < -0.3 is 15.0 Å². The van der Waals surface area contributed by atoms with Crippen molar-refractivity contribution >= 4 is 39.1 Å². The zero-order valence-corrected chi connectivity index (χ0v) is 25.5. The number of amides is 2. The fourth-order valence-corrected chi connectivity index (χ4v) is 6.01. The molecule has 10 heteroatoms. The van der Waals surface area contributed by atoms with Crippen molar-refractivity contribution in [3.63, 3.8) is 0 Å². The van der Waals surface area contributed by atoms with Gasteiger partial charge in [0, 0.05) is 18.1 Å². The Balaban J connectivity index is 2.05. The minimum atomic E-state index is -4.23. The first-order valence-electron chi connectivity index (χ1n) is 13.6. The van der Waals surface area contributed by atoms with Gasteiger partial charge in [0.15, 0.2) is 0 Å². The highest BCUT2D eigenvalue weighted by atomic mass is 35.5. The number of hydrogen-bond donors (Lipinski definition) is 1. The number of benzene rings is 3. The molecule has 0 spiro atoms. The monoisotopic (exact) mass is 599 g/mol. The number of sulfonamides is 1. The van der Waals surface area contributed by atoms with Crippen molar-refractivity contribution in [2.45, 2.75) is 44.6 Å². The van der Waals surface area contributed by atoms with Crippen LogP contribution in [-0.4, -0.2) is 57.9 Å². The molecule has 0 aliphatic rings. The van der Waals surface area contributed by atoms with E-state index in [4.69, 9.17) is 16.3 Å². The van der Waals surface area contributed by atoms with E-state index < -0.39 is 28.5 Å². The fraction of sp³-hybridized carbons (Fsp3) is 0.355. The summed E-state index contributed by atoms with van der Waals surface area (Å²) in [6.07, 6.45) is 0.850. The van der Waals surface area contributed by atoms with Gasteiger partial charge in [-0.2, -0.15) is 0 Å². The van der Waals surface area contributed by atoms with Crippen LogP contribution >= 0.6 is 11.6 Å². The maximum atomic E-state index is 14.1. The van der Waals surface area contributed by atoms with Crippen LogP contribution in [0.1, 0.15) is 32.8 Å². The standard InChI is InChI=1S/C31H38ClN3O5S/c1-5-27(31(37)33-21-23(2)3)34(19-18-24-12-8-6-9-13-24)30(36)22-35(28-20-25(32)16-17-29(28)40-4)41(38,39)26-14-10-7-11-15-26/h6-17,20,23,27H,5,18-19,21-22H2,1-4H3,(H,33,37). The van der Waals surface area contributed by atoms with E-state index in [1.54, 1.807) is 30.3 Å². The molecule has 0 radical (unpaired) electrons. The smallest absolute Gasteiger partial charge is 0.264 e. The molecule has 0 saturated heterocycles. The van der Waals surface area contributed by atoms with E-state index >= 15 is 0 Å². The van der Waals surface area contributed by atoms with Gasteiger partial charge in [0.1, 0.15) is 18.3 Å². The second-order valence-electron chi connectivity index (χ2n) is 10.0. The zero-order chi connectivity index (χ0) is 30.0. The number of nitrogens with zero attached hydrogens (tertiary/aromatic N) is 2. The first-order chi connectivity index (χ1) is 19.6. The maximum Gasteiger partial charge on any atom is 0.264 e. The minimum Gasteiger partial charge on any atom is -0.495 e. The SMILES string of the molecule is CCC(C(=O)NCC(C)C)N(CCc1ccccc1)C(=O)CN(c1cc(Cl)ccc1OC)S(=O)(=O)c1ccccc1. The van der Waals surface area contributed by atoms with E-state index in [9.17, 15) is 18.0 Å². The number of carbonyl (C=O) groups is 2. The van der Waals surface area contributed by atoms with Gasteiger partial charge >= 0.3 is 0 Å². The number of anilines is 1. The first kappa shape index (κ1) is 32.0. The van der Waals surface area contributed by atoms with Gasteiger partial charge in [-0.3, -0.25) is 13.9 Å². The Morgan fingerprint density at radius 3 is 2.20 bits per heavy atom. The molecule has 220 valence electrons. The van der Waals surface area contributed by atoms with Crippen LogP contribution in [0.15, 0.2) is 83.8 Å². The van der Waals surface area contributed by atoms with Crippen molar-refractivity contribution in [2.75, 3.05) is 31.0 Å². The van der Waals surface area contributed by atoms with Gasteiger partial charge in [0.05, 0.1) is 17.7 Å². The highest BCUT2D eigenvalue weighted by molar-refractivity contribution is 7.92. The molecule has 41 heavy (non-hydrogen) atoms. The molecule has 0 aliphatic heterocycles. The second-order valence-corrected chi connectivity index (χ2v) is 12.3. The summed E-state index contributed by atoms with van der Waals surface area (Å²) < 4.78 is 34.4. The van der Waals surface area contributed by atoms with E-state index in [0.29, 0.717) is 19.4 Å². The molecule has 2 amide bonds. The summed E-state index contributed by atoms with van der Waals surface area (Å²) in [5.74, 6) is -0.333. The van der Waals surface area contributed by atoms with Gasteiger partial charge in [0.25, 0.3) is 10.0 Å². The molecular weight excluding hydrogens is 562 g/mol. The largest absolute Gasteiger partial charge is 0.495 e. The molecule has 1 atom stereocenters. The van der Waals surface area contributed by atoms with Crippen LogP contribution in [0.5, 0.6) is 5.75 Å². The van der Waals surface area contributed by atoms with Crippen molar-refractivity contribution in [1.29, 1.82) is 0 Å². The van der Waals surface area contributed by atoms with Crippen LogP contribution in [0, 0.1) is 5.92 Å². The average Bonchev–Trinajstić information content (AvgIpc) is 2.97. The number of ether oxygens (including phenoxy) is 1. The van der Waals surface area contributed by atoms with Crippen molar-refractivity contribution in [2.24, 2.45) is 5.92 Å². The molecule has 0 fully saturated rings. The Labute approximate surface area is 248 Å². The molecular formula is C31H38ClN3O5S. The summed E-state index contributed by atoms with van der Waals surface area (Å²) in [6.45, 7) is 5.94. The molecule has 3 aromatic rings. The third-order valence-electron chi connectivity index (χ3n) is 6.57. The Hall–Kier alpha value is -3.56. The summed E-state index contributed by atoms with van der Waals surface area (Å²) in [5.41, 5.74) is 1.12. The molecule has 0 saturated carbocycles. The summed E-state index contributed by atoms with van der Waals surface area (Å²) >= 11 is 6.28. The molecule has 8 nitrogen and oxygen atoms in total. The lowest BCUT2D eigenvalue weighted by atomic mass is 10.1. The second kappa shape index (κ2) is 14.9. The lowest BCUT2D eigenvalue weighted by Gasteiger charge is -2.33. The molecule has 0 bridgehead atoms. The Morgan fingerprint density at radius 2 is 1.61 bits per heavy atom. The molecule has 1 unspecified atom stereocenters. The molecule has 3 aromatic carbocycles. The van der Waals surface area contributed by atoms with Crippen LogP contribution in [-0.2, 0) is 26.0 Å². The Kier molecular flexibility index (Phi) is 11.6. The normalized spacial score (nSPS) is 12.0. The van der Waals surface area contributed by atoms with Crippen LogP contribution in [0.25, 0.3) is 0 Å². The predicted octanol–water partition coefficient (Wildman–Crippen LogP) is 5.17. The fourth-order valence-electron chi connectivity index (χ4n) is 4.41. The van der Waals surface area contributed by atoms with Gasteiger partial charge in [-0.1, -0.05) is 80.9 Å². The van der Waals surface area contributed by atoms with E-state index in [1.165, 1.54) is 30.2 Å². The lowest BCUT2D eigenvalue weighted by molar-refractivity contribution is -0.139. The zero-order valence-electron chi connectivity index (χ0n) is 23.9. The van der Waals surface area contributed by atoms with Crippen LogP contribution in [0.2, 0.25) is 5.02 Å². The van der Waals surface area contributed by atoms with Crippen molar-refractivity contribution < 1.29 is 22.7 Å². The van der Waals surface area contributed by atoms with Gasteiger partial charge in [-0.15, -0.1) is 0 Å². The van der Waals surface area contributed by atoms with Crippen molar-refractivity contribution in [1.82, 2.24) is 10.2 Å². The average molecular weight is 600 g/mol. The van der Waals surface area contributed by atoms with E-state index in [2.05, 4.69) is 5.32 Å². The molecule has 0 aromatic heterocycles. The number of rotatable bonds is 14. The number of nitrogens with one attached hydrogen (secondary N) is 1. The van der Waals surface area contributed by atoms with E-state index in [0.717, 1.165) is 9.87 Å². The van der Waals surface area contributed by atoms with Crippen molar-refractivity contribution in [3.05, 3.63) is 89.4 Å². The van der Waals surface area contributed by atoms with Gasteiger partial charge in [-0.25, -0.2) is 8.42 Å². The number of halogens is 1. The van der Waals surface area contributed by atoms with Crippen molar-refractivity contribution in [3.8, 4) is 5.75 Å². The number of carbonyl (C=O) groups excluding carboxylic acids is 2. The summed E-state index contributed by atoms with van der Waals surface area (Å²) in [5, 5.41) is 3.21. The quantitative estimate of drug-likeness (QED) is 0.276. The van der Waals surface area contributed by atoms with Gasteiger partial charge in [0.2, 0.25) is 11.8 Å². The predicted molar refractivity (Wildman–Crippen MR) is 163 cm³/mol. The summed E-state index contributed by atoms with van der Waals surface area (Å²) in [6, 6.07) is 21.3. The molecule has 0 aliphatic carbocycles. The van der Waals surface area contributed by atoms with Crippen LogP contribution in [0.3, 0.4) is 0 Å². The maximum absolute atomic E-state index is 14.1. The highest BCUT2D eigenvalue weighted by Crippen LogP contribution is 2.35. The minimum absolute atomic E-state index is 0.00684. The number of methoxy groups -OCH3 is 1. The summed E-state index contributed by atoms with van der Waals surface area (Å²) in [7, 11) is -2.81. The first-order valence-corrected chi connectivity index (χ1v) is 15.4. The molecule has 3 rings (SSSR count). The van der Waals surface area contributed by atoms with E-state index in [-0.39, 0.29) is 39.7 Å².